The van der Waals surface area contributed by atoms with E-state index in [2.05, 4.69) is 46.4 Å². The molecule has 0 amide bonds. The fourth-order valence-electron chi connectivity index (χ4n) is 3.20. The van der Waals surface area contributed by atoms with Crippen LogP contribution in [0, 0.1) is 5.41 Å². The second-order valence-corrected chi connectivity index (χ2v) is 6.00. The molecule has 1 saturated heterocycles. The summed E-state index contributed by atoms with van der Waals surface area (Å²) in [6.07, 6.45) is 2.55. The van der Waals surface area contributed by atoms with E-state index in [0.717, 1.165) is 12.5 Å². The van der Waals surface area contributed by atoms with Crippen molar-refractivity contribution in [3.8, 4) is 0 Å². The Hall–Kier alpha value is -0.340. The molecule has 2 unspecified atom stereocenters. The van der Waals surface area contributed by atoms with Gasteiger partial charge in [-0.1, -0.05) is 35.0 Å². The summed E-state index contributed by atoms with van der Waals surface area (Å²) in [4.78, 5) is 0. The summed E-state index contributed by atoms with van der Waals surface area (Å²) in [6.45, 7) is 4.77. The smallest absolute Gasteiger partial charge is 0.0210 e. The molecule has 1 fully saturated rings. The first kappa shape index (κ1) is 9.86. The Bertz CT molecular complexity index is 402. The third-order valence-corrected chi connectivity index (χ3v) is 4.94. The van der Waals surface area contributed by atoms with E-state index >= 15 is 0 Å². The van der Waals surface area contributed by atoms with Crippen molar-refractivity contribution in [3.63, 3.8) is 0 Å². The van der Waals surface area contributed by atoms with Crippen molar-refractivity contribution in [1.29, 1.82) is 0 Å². The summed E-state index contributed by atoms with van der Waals surface area (Å²) in [5.41, 5.74) is 3.61. The van der Waals surface area contributed by atoms with Gasteiger partial charge in [-0.05, 0) is 35.4 Å². The van der Waals surface area contributed by atoms with E-state index in [1.54, 1.807) is 11.1 Å². The molecule has 1 aromatic carbocycles. The topological polar surface area (TPSA) is 12.0 Å². The highest BCUT2D eigenvalue weighted by molar-refractivity contribution is 9.10. The van der Waals surface area contributed by atoms with Crippen LogP contribution < -0.4 is 5.32 Å². The molecule has 0 saturated carbocycles. The van der Waals surface area contributed by atoms with Crippen LogP contribution in [0.2, 0.25) is 0 Å². The van der Waals surface area contributed by atoms with Crippen molar-refractivity contribution in [1.82, 2.24) is 5.32 Å². The molecule has 1 aromatic rings. The van der Waals surface area contributed by atoms with Gasteiger partial charge in [0.2, 0.25) is 0 Å². The van der Waals surface area contributed by atoms with E-state index in [1.165, 1.54) is 23.9 Å². The minimum atomic E-state index is 0.494. The molecule has 2 heteroatoms. The van der Waals surface area contributed by atoms with Crippen molar-refractivity contribution < 1.29 is 0 Å². The maximum Gasteiger partial charge on any atom is 0.0210 e. The van der Waals surface area contributed by atoms with Crippen LogP contribution in [0.15, 0.2) is 22.7 Å². The van der Waals surface area contributed by atoms with E-state index in [1.807, 2.05) is 0 Å². The molecule has 80 valence electrons. The van der Waals surface area contributed by atoms with Crippen molar-refractivity contribution in [2.24, 2.45) is 5.41 Å². The molecule has 1 heterocycles. The maximum absolute atomic E-state index is 3.68. The molecule has 3 rings (SSSR count). The standard InChI is InChI=1S/C13H16BrN/c1-13-6-5-10-9(3-2-4-12(10)14)11(13)7-15-8-13/h2-4,11,15H,5-8H2,1H3. The van der Waals surface area contributed by atoms with Crippen molar-refractivity contribution in [3.05, 3.63) is 33.8 Å². The normalized spacial score (nSPS) is 33.6. The monoisotopic (exact) mass is 265 g/mol. The van der Waals surface area contributed by atoms with Gasteiger partial charge in [-0.15, -0.1) is 0 Å². The van der Waals surface area contributed by atoms with Crippen molar-refractivity contribution in [2.45, 2.75) is 25.7 Å². The van der Waals surface area contributed by atoms with E-state index in [4.69, 9.17) is 0 Å². The van der Waals surface area contributed by atoms with Crippen LogP contribution >= 0.6 is 15.9 Å². The molecule has 0 radical (unpaired) electrons. The Morgan fingerprint density at radius 2 is 2.33 bits per heavy atom. The SMILES string of the molecule is CC12CCc3c(Br)cccc3C1CNC2. The fourth-order valence-corrected chi connectivity index (χ4v) is 3.78. The number of hydrogen-bond acceptors (Lipinski definition) is 1. The summed E-state index contributed by atoms with van der Waals surface area (Å²) in [5.74, 6) is 0.721. The lowest BCUT2D eigenvalue weighted by atomic mass is 9.67. The lowest BCUT2D eigenvalue weighted by Gasteiger charge is -2.37. The van der Waals surface area contributed by atoms with E-state index in [9.17, 15) is 0 Å². The number of nitrogens with one attached hydrogen (secondary N) is 1. The van der Waals surface area contributed by atoms with Crippen LogP contribution in [0.1, 0.15) is 30.4 Å². The first-order valence-electron chi connectivity index (χ1n) is 5.69. The van der Waals surface area contributed by atoms with Crippen LogP contribution in [0.4, 0.5) is 0 Å². The molecule has 0 aromatic heterocycles. The Morgan fingerprint density at radius 3 is 3.20 bits per heavy atom. The molecular formula is C13H16BrN. The van der Waals surface area contributed by atoms with Gasteiger partial charge in [-0.3, -0.25) is 0 Å². The van der Waals surface area contributed by atoms with E-state index in [-0.39, 0.29) is 0 Å². The zero-order chi connectivity index (χ0) is 10.5. The van der Waals surface area contributed by atoms with Gasteiger partial charge >= 0.3 is 0 Å². The molecule has 0 spiro atoms. The Kier molecular flexibility index (Phi) is 2.18. The number of halogens is 1. The van der Waals surface area contributed by atoms with Crippen LogP contribution in [-0.4, -0.2) is 13.1 Å². The third kappa shape index (κ3) is 1.38. The molecule has 1 aliphatic carbocycles. The van der Waals surface area contributed by atoms with E-state index < -0.39 is 0 Å². The lowest BCUT2D eigenvalue weighted by molar-refractivity contribution is 0.277. The minimum Gasteiger partial charge on any atom is -0.316 e. The molecule has 15 heavy (non-hydrogen) atoms. The second-order valence-electron chi connectivity index (χ2n) is 5.15. The van der Waals surface area contributed by atoms with Crippen LogP contribution in [0.25, 0.3) is 0 Å². The lowest BCUT2D eigenvalue weighted by Crippen LogP contribution is -2.30. The Morgan fingerprint density at radius 1 is 1.47 bits per heavy atom. The van der Waals surface area contributed by atoms with Crippen molar-refractivity contribution in [2.75, 3.05) is 13.1 Å². The third-order valence-electron chi connectivity index (χ3n) is 4.20. The first-order chi connectivity index (χ1) is 7.21. The van der Waals surface area contributed by atoms with Gasteiger partial charge in [0.15, 0.2) is 0 Å². The quantitative estimate of drug-likeness (QED) is 0.761. The zero-order valence-electron chi connectivity index (χ0n) is 9.02. The molecule has 1 nitrogen and oxygen atoms in total. The predicted octanol–water partition coefficient (Wildman–Crippen LogP) is 3.09. The molecule has 1 aliphatic heterocycles. The van der Waals surface area contributed by atoms with Crippen LogP contribution in [0.5, 0.6) is 0 Å². The van der Waals surface area contributed by atoms with Crippen LogP contribution in [-0.2, 0) is 6.42 Å². The average molecular weight is 266 g/mol. The molecule has 2 aliphatic rings. The van der Waals surface area contributed by atoms with Crippen LogP contribution in [0.3, 0.4) is 0 Å². The van der Waals surface area contributed by atoms with Gasteiger partial charge in [0.25, 0.3) is 0 Å². The number of fused-ring (bicyclic) bond motifs is 3. The summed E-state index contributed by atoms with van der Waals surface area (Å²) in [5, 5.41) is 3.55. The highest BCUT2D eigenvalue weighted by Crippen LogP contribution is 2.48. The van der Waals surface area contributed by atoms with Gasteiger partial charge in [-0.25, -0.2) is 0 Å². The number of benzene rings is 1. The van der Waals surface area contributed by atoms with Gasteiger partial charge in [-0.2, -0.15) is 0 Å². The molecule has 1 N–H and O–H groups in total. The van der Waals surface area contributed by atoms with Gasteiger partial charge in [0, 0.05) is 23.5 Å². The molecule has 0 bridgehead atoms. The second kappa shape index (κ2) is 3.33. The summed E-state index contributed by atoms with van der Waals surface area (Å²) in [7, 11) is 0. The molecular weight excluding hydrogens is 250 g/mol. The van der Waals surface area contributed by atoms with Gasteiger partial charge in [0.1, 0.15) is 0 Å². The molecule has 2 atom stereocenters. The highest BCUT2D eigenvalue weighted by atomic mass is 79.9. The van der Waals surface area contributed by atoms with Gasteiger partial charge < -0.3 is 5.32 Å². The fraction of sp³-hybridized carbons (Fsp3) is 0.538. The average Bonchev–Trinajstić information content (AvgIpc) is 2.60. The largest absolute Gasteiger partial charge is 0.316 e. The summed E-state index contributed by atoms with van der Waals surface area (Å²) >= 11 is 3.68. The highest BCUT2D eigenvalue weighted by Gasteiger charge is 2.43. The number of hydrogen-bond donors (Lipinski definition) is 1. The number of rotatable bonds is 0. The Labute approximate surface area is 99.4 Å². The maximum atomic E-state index is 3.68. The summed E-state index contributed by atoms with van der Waals surface area (Å²) in [6, 6.07) is 6.66. The zero-order valence-corrected chi connectivity index (χ0v) is 10.6. The van der Waals surface area contributed by atoms with Gasteiger partial charge in [0.05, 0.1) is 0 Å². The summed E-state index contributed by atoms with van der Waals surface area (Å²) < 4.78 is 1.30. The minimum absolute atomic E-state index is 0.494. The predicted molar refractivity (Wildman–Crippen MR) is 66.2 cm³/mol. The Balaban J connectivity index is 2.13. The van der Waals surface area contributed by atoms with Crippen molar-refractivity contribution >= 4 is 15.9 Å². The first-order valence-corrected chi connectivity index (χ1v) is 6.48. The van der Waals surface area contributed by atoms with E-state index in [0.29, 0.717) is 5.41 Å².